The molecule has 0 aliphatic carbocycles. The Bertz CT molecular complexity index is 407. The number of halogens is 1. The molecule has 3 nitrogen and oxygen atoms in total. The Balaban J connectivity index is 2.41. The van der Waals surface area contributed by atoms with E-state index >= 15 is 0 Å². The van der Waals surface area contributed by atoms with Crippen LogP contribution >= 0.6 is 11.6 Å². The van der Waals surface area contributed by atoms with Gasteiger partial charge in [0.05, 0.1) is 5.56 Å². The number of hydrogen-bond donors (Lipinski definition) is 2. The zero-order chi connectivity index (χ0) is 13.5. The summed E-state index contributed by atoms with van der Waals surface area (Å²) < 4.78 is 0. The minimum Gasteiger partial charge on any atom is -0.507 e. The summed E-state index contributed by atoms with van der Waals surface area (Å²) in [6.07, 6.45) is 1.88. The third kappa shape index (κ3) is 4.57. The van der Waals surface area contributed by atoms with Gasteiger partial charge in [0.15, 0.2) is 0 Å². The Kier molecular flexibility index (Phi) is 5.99. The van der Waals surface area contributed by atoms with Gasteiger partial charge in [0.25, 0.3) is 5.91 Å². The molecule has 2 N–H and O–H groups in total. The van der Waals surface area contributed by atoms with Crippen molar-refractivity contribution in [2.24, 2.45) is 5.92 Å². The van der Waals surface area contributed by atoms with Crippen LogP contribution in [0.3, 0.4) is 0 Å². The number of nitrogens with one attached hydrogen (secondary N) is 1. The van der Waals surface area contributed by atoms with Crippen molar-refractivity contribution in [3.05, 3.63) is 29.3 Å². The molecular weight excluding hydrogens is 250 g/mol. The standard InChI is InChI=1S/C14H20ClNO2/c1-10-5-6-12(13(17)8-10)14(18)16-7-3-4-11(2)9-15/h5-6,8,11,17H,3-4,7,9H2,1-2H3,(H,16,18). The molecule has 0 aromatic heterocycles. The highest BCUT2D eigenvalue weighted by molar-refractivity contribution is 6.18. The summed E-state index contributed by atoms with van der Waals surface area (Å²) in [6, 6.07) is 5.04. The van der Waals surface area contributed by atoms with Crippen molar-refractivity contribution >= 4 is 17.5 Å². The van der Waals surface area contributed by atoms with Crippen LogP contribution in [0, 0.1) is 12.8 Å². The topological polar surface area (TPSA) is 49.3 Å². The van der Waals surface area contributed by atoms with Gasteiger partial charge >= 0.3 is 0 Å². The van der Waals surface area contributed by atoms with Crippen LogP contribution in [0.5, 0.6) is 5.75 Å². The fraction of sp³-hybridized carbons (Fsp3) is 0.500. The second kappa shape index (κ2) is 7.27. The smallest absolute Gasteiger partial charge is 0.255 e. The molecule has 0 bridgehead atoms. The third-order valence-corrected chi connectivity index (χ3v) is 3.35. The van der Waals surface area contributed by atoms with Gasteiger partial charge in [-0.25, -0.2) is 0 Å². The maximum atomic E-state index is 11.8. The van der Waals surface area contributed by atoms with Crippen molar-refractivity contribution in [3.63, 3.8) is 0 Å². The first kappa shape index (κ1) is 14.8. The predicted octanol–water partition coefficient (Wildman–Crippen LogP) is 3.09. The largest absolute Gasteiger partial charge is 0.507 e. The summed E-state index contributed by atoms with van der Waals surface area (Å²) in [7, 11) is 0. The summed E-state index contributed by atoms with van der Waals surface area (Å²) in [4.78, 5) is 11.8. The lowest BCUT2D eigenvalue weighted by molar-refractivity contribution is 0.0950. The zero-order valence-corrected chi connectivity index (χ0v) is 11.6. The molecule has 0 heterocycles. The molecule has 0 aliphatic rings. The predicted molar refractivity (Wildman–Crippen MR) is 74.3 cm³/mol. The van der Waals surface area contributed by atoms with E-state index in [0.717, 1.165) is 18.4 Å². The normalized spacial score (nSPS) is 12.2. The van der Waals surface area contributed by atoms with Crippen molar-refractivity contribution in [1.29, 1.82) is 0 Å². The first-order valence-corrected chi connectivity index (χ1v) is 6.71. The quantitative estimate of drug-likeness (QED) is 0.616. The van der Waals surface area contributed by atoms with Gasteiger partial charge in [0.2, 0.25) is 0 Å². The summed E-state index contributed by atoms with van der Waals surface area (Å²) in [5, 5.41) is 12.5. The van der Waals surface area contributed by atoms with Gasteiger partial charge in [0.1, 0.15) is 5.75 Å². The molecule has 1 aromatic carbocycles. The van der Waals surface area contributed by atoms with Gasteiger partial charge in [0, 0.05) is 12.4 Å². The van der Waals surface area contributed by atoms with Gasteiger partial charge in [-0.05, 0) is 43.4 Å². The first-order chi connectivity index (χ1) is 8.54. The summed E-state index contributed by atoms with van der Waals surface area (Å²) in [6.45, 7) is 4.56. The van der Waals surface area contributed by atoms with E-state index in [1.807, 2.05) is 13.0 Å². The molecule has 0 radical (unpaired) electrons. The van der Waals surface area contributed by atoms with Crippen molar-refractivity contribution in [2.45, 2.75) is 26.7 Å². The molecule has 1 amide bonds. The van der Waals surface area contributed by atoms with E-state index in [0.29, 0.717) is 23.9 Å². The van der Waals surface area contributed by atoms with Crippen LogP contribution < -0.4 is 5.32 Å². The molecular formula is C14H20ClNO2. The molecule has 18 heavy (non-hydrogen) atoms. The Labute approximate surface area is 113 Å². The highest BCUT2D eigenvalue weighted by atomic mass is 35.5. The maximum absolute atomic E-state index is 11.8. The van der Waals surface area contributed by atoms with E-state index in [4.69, 9.17) is 11.6 Å². The lowest BCUT2D eigenvalue weighted by Gasteiger charge is -2.09. The fourth-order valence-electron chi connectivity index (χ4n) is 1.66. The van der Waals surface area contributed by atoms with E-state index in [-0.39, 0.29) is 11.7 Å². The molecule has 4 heteroatoms. The van der Waals surface area contributed by atoms with E-state index in [1.54, 1.807) is 12.1 Å². The number of aryl methyl sites for hydroxylation is 1. The molecule has 1 aromatic rings. The second-order valence-electron chi connectivity index (χ2n) is 4.68. The van der Waals surface area contributed by atoms with Crippen LogP contribution in [0.15, 0.2) is 18.2 Å². The van der Waals surface area contributed by atoms with Gasteiger partial charge in [-0.3, -0.25) is 4.79 Å². The number of phenolic OH excluding ortho intramolecular Hbond substituents is 1. The molecule has 1 rings (SSSR count). The monoisotopic (exact) mass is 269 g/mol. The average molecular weight is 270 g/mol. The van der Waals surface area contributed by atoms with Crippen molar-refractivity contribution < 1.29 is 9.90 Å². The molecule has 0 aliphatic heterocycles. The Morgan fingerprint density at radius 1 is 1.50 bits per heavy atom. The number of aromatic hydroxyl groups is 1. The fourth-order valence-corrected chi connectivity index (χ4v) is 1.81. The zero-order valence-electron chi connectivity index (χ0n) is 10.9. The molecule has 1 unspecified atom stereocenters. The number of phenols is 1. The summed E-state index contributed by atoms with van der Waals surface area (Å²) in [5.74, 6) is 0.913. The molecule has 1 atom stereocenters. The van der Waals surface area contributed by atoms with Gasteiger partial charge in [-0.2, -0.15) is 0 Å². The Morgan fingerprint density at radius 3 is 2.83 bits per heavy atom. The van der Waals surface area contributed by atoms with Crippen molar-refractivity contribution in [3.8, 4) is 5.75 Å². The first-order valence-electron chi connectivity index (χ1n) is 6.18. The number of carbonyl (C=O) groups excluding carboxylic acids is 1. The Hall–Kier alpha value is -1.22. The van der Waals surface area contributed by atoms with Gasteiger partial charge in [-0.15, -0.1) is 11.6 Å². The number of amides is 1. The third-order valence-electron chi connectivity index (χ3n) is 2.82. The highest BCUT2D eigenvalue weighted by Crippen LogP contribution is 2.18. The van der Waals surface area contributed by atoms with E-state index in [2.05, 4.69) is 12.2 Å². The van der Waals surface area contributed by atoms with Crippen LogP contribution in [0.4, 0.5) is 0 Å². The van der Waals surface area contributed by atoms with Gasteiger partial charge in [-0.1, -0.05) is 13.0 Å². The number of benzene rings is 1. The second-order valence-corrected chi connectivity index (χ2v) is 4.99. The SMILES string of the molecule is Cc1ccc(C(=O)NCCCC(C)CCl)c(O)c1. The number of hydrogen-bond acceptors (Lipinski definition) is 2. The van der Waals surface area contributed by atoms with Crippen LogP contribution in [-0.2, 0) is 0 Å². The van der Waals surface area contributed by atoms with Gasteiger partial charge < -0.3 is 10.4 Å². The van der Waals surface area contributed by atoms with Crippen LogP contribution in [0.1, 0.15) is 35.7 Å². The average Bonchev–Trinajstić information content (AvgIpc) is 2.34. The number of alkyl halides is 1. The Morgan fingerprint density at radius 2 is 2.22 bits per heavy atom. The maximum Gasteiger partial charge on any atom is 0.255 e. The van der Waals surface area contributed by atoms with E-state index < -0.39 is 0 Å². The van der Waals surface area contributed by atoms with Crippen molar-refractivity contribution in [1.82, 2.24) is 5.32 Å². The van der Waals surface area contributed by atoms with Crippen LogP contribution in [0.25, 0.3) is 0 Å². The van der Waals surface area contributed by atoms with E-state index in [9.17, 15) is 9.90 Å². The minimum atomic E-state index is -0.231. The van der Waals surface area contributed by atoms with Crippen LogP contribution in [-0.4, -0.2) is 23.4 Å². The molecule has 0 saturated carbocycles. The van der Waals surface area contributed by atoms with Crippen LogP contribution in [0.2, 0.25) is 0 Å². The molecule has 0 fully saturated rings. The molecule has 100 valence electrons. The summed E-state index contributed by atoms with van der Waals surface area (Å²) >= 11 is 5.70. The minimum absolute atomic E-state index is 0.0293. The van der Waals surface area contributed by atoms with Crippen molar-refractivity contribution in [2.75, 3.05) is 12.4 Å². The molecule has 0 spiro atoms. The number of rotatable bonds is 6. The highest BCUT2D eigenvalue weighted by Gasteiger charge is 2.10. The lowest BCUT2D eigenvalue weighted by Crippen LogP contribution is -2.24. The molecule has 0 saturated heterocycles. The number of carbonyl (C=O) groups is 1. The lowest BCUT2D eigenvalue weighted by atomic mass is 10.1. The van der Waals surface area contributed by atoms with E-state index in [1.165, 1.54) is 0 Å². The summed E-state index contributed by atoms with van der Waals surface area (Å²) in [5.41, 5.74) is 1.26.